The number of pyridine rings is 1. The van der Waals surface area contributed by atoms with E-state index in [4.69, 9.17) is 24.0 Å². The standard InChI is InChI=1S/C34H36N6O6/c1-5-6-9-22-18-32(40(39-22)23-12-14-29(44-3)30(19-23)45-4)38-34(42)36-27-13-15-28(26-11-8-7-10-25(26)27)46-24-16-17-35-31(20-24)37-33(41)21-43-2/h7-8,10-20H,5-6,9,21H2,1-4H3,(H,35,37,41)(H2,36,38,42). The fourth-order valence-corrected chi connectivity index (χ4v) is 4.87. The zero-order chi connectivity index (χ0) is 32.5. The summed E-state index contributed by atoms with van der Waals surface area (Å²) in [6.45, 7) is 2.04. The van der Waals surface area contributed by atoms with Crippen LogP contribution in [0, 0.1) is 0 Å². The molecule has 0 spiro atoms. The molecule has 0 bridgehead atoms. The number of carbonyl (C=O) groups excluding carboxylic acids is 2. The van der Waals surface area contributed by atoms with Crippen molar-refractivity contribution < 1.29 is 28.5 Å². The number of aromatic nitrogens is 3. The highest BCUT2D eigenvalue weighted by Crippen LogP contribution is 2.35. The minimum atomic E-state index is -0.437. The van der Waals surface area contributed by atoms with Crippen molar-refractivity contribution in [3.8, 4) is 28.7 Å². The van der Waals surface area contributed by atoms with Gasteiger partial charge in [-0.2, -0.15) is 5.10 Å². The minimum Gasteiger partial charge on any atom is -0.493 e. The van der Waals surface area contributed by atoms with E-state index in [1.807, 2.05) is 42.5 Å². The van der Waals surface area contributed by atoms with Crippen molar-refractivity contribution in [1.29, 1.82) is 0 Å². The Labute approximate surface area is 266 Å². The van der Waals surface area contributed by atoms with Gasteiger partial charge in [-0.05, 0) is 43.2 Å². The fraction of sp³-hybridized carbons (Fsp3) is 0.235. The van der Waals surface area contributed by atoms with E-state index in [0.29, 0.717) is 46.0 Å². The Morgan fingerprint density at radius 1 is 0.826 bits per heavy atom. The van der Waals surface area contributed by atoms with Crippen LogP contribution in [-0.4, -0.2) is 54.6 Å². The third-order valence-corrected chi connectivity index (χ3v) is 7.03. The van der Waals surface area contributed by atoms with E-state index in [1.165, 1.54) is 7.11 Å². The van der Waals surface area contributed by atoms with Gasteiger partial charge in [0.2, 0.25) is 0 Å². The maximum Gasteiger partial charge on any atom is 0.324 e. The van der Waals surface area contributed by atoms with Crippen LogP contribution in [0.15, 0.2) is 79.0 Å². The number of hydrogen-bond acceptors (Lipinski definition) is 8. The Bertz CT molecular complexity index is 1840. The van der Waals surface area contributed by atoms with Crippen LogP contribution in [-0.2, 0) is 16.0 Å². The maximum atomic E-state index is 13.4. The summed E-state index contributed by atoms with van der Waals surface area (Å²) in [5, 5.41) is 14.9. The van der Waals surface area contributed by atoms with Crippen molar-refractivity contribution in [3.63, 3.8) is 0 Å². The van der Waals surface area contributed by atoms with Crippen LogP contribution < -0.4 is 30.2 Å². The van der Waals surface area contributed by atoms with Gasteiger partial charge in [0.1, 0.15) is 29.7 Å². The molecule has 3 N–H and O–H groups in total. The van der Waals surface area contributed by atoms with Crippen LogP contribution in [0.25, 0.3) is 16.5 Å². The van der Waals surface area contributed by atoms with Gasteiger partial charge in [-0.15, -0.1) is 0 Å². The lowest BCUT2D eigenvalue weighted by Crippen LogP contribution is -2.21. The Hall–Kier alpha value is -5.62. The van der Waals surface area contributed by atoms with E-state index in [-0.39, 0.29) is 12.5 Å². The number of aryl methyl sites for hydroxylation is 1. The molecule has 0 aliphatic rings. The first-order chi connectivity index (χ1) is 22.4. The molecular formula is C34H36N6O6. The Balaban J connectivity index is 1.38. The van der Waals surface area contributed by atoms with E-state index in [2.05, 4.69) is 27.9 Å². The van der Waals surface area contributed by atoms with E-state index >= 15 is 0 Å². The molecule has 5 rings (SSSR count). The first-order valence-electron chi connectivity index (χ1n) is 14.8. The zero-order valence-electron chi connectivity index (χ0n) is 26.1. The highest BCUT2D eigenvalue weighted by atomic mass is 16.5. The van der Waals surface area contributed by atoms with E-state index in [1.54, 1.807) is 55.4 Å². The van der Waals surface area contributed by atoms with Crippen molar-refractivity contribution in [2.24, 2.45) is 0 Å². The number of benzene rings is 3. The Morgan fingerprint density at radius 3 is 2.37 bits per heavy atom. The van der Waals surface area contributed by atoms with E-state index in [0.717, 1.165) is 35.7 Å². The van der Waals surface area contributed by atoms with Crippen LogP contribution >= 0.6 is 0 Å². The van der Waals surface area contributed by atoms with Gasteiger partial charge in [-0.1, -0.05) is 37.6 Å². The molecule has 12 heteroatoms. The molecule has 46 heavy (non-hydrogen) atoms. The average molecular weight is 625 g/mol. The molecule has 12 nitrogen and oxygen atoms in total. The number of unbranched alkanes of at least 4 members (excludes halogenated alkanes) is 1. The van der Waals surface area contributed by atoms with Gasteiger partial charge in [0.05, 0.1) is 31.3 Å². The first kappa shape index (κ1) is 31.8. The average Bonchev–Trinajstić information content (AvgIpc) is 3.46. The summed E-state index contributed by atoms with van der Waals surface area (Å²) in [5.74, 6) is 2.70. The number of amides is 3. The fourth-order valence-electron chi connectivity index (χ4n) is 4.87. The van der Waals surface area contributed by atoms with Crippen molar-refractivity contribution in [3.05, 3.63) is 84.7 Å². The highest BCUT2D eigenvalue weighted by molar-refractivity contribution is 6.07. The molecule has 2 heterocycles. The number of ether oxygens (including phenoxy) is 4. The first-order valence-corrected chi connectivity index (χ1v) is 14.8. The lowest BCUT2D eigenvalue weighted by atomic mass is 10.1. The molecule has 0 aliphatic heterocycles. The summed E-state index contributed by atoms with van der Waals surface area (Å²) in [4.78, 5) is 29.5. The second-order valence-electron chi connectivity index (χ2n) is 10.3. The molecule has 5 aromatic rings. The predicted molar refractivity (Wildman–Crippen MR) is 177 cm³/mol. The van der Waals surface area contributed by atoms with Crippen LogP contribution in [0.4, 0.5) is 22.1 Å². The number of hydrogen-bond donors (Lipinski definition) is 3. The monoisotopic (exact) mass is 624 g/mol. The summed E-state index contributed by atoms with van der Waals surface area (Å²) in [6, 6.07) is 21.3. The SMILES string of the molecule is CCCCc1cc(NC(=O)Nc2ccc(Oc3ccnc(NC(=O)COC)c3)c3ccccc23)n(-c2ccc(OC)c(OC)c2)n1. The van der Waals surface area contributed by atoms with E-state index in [9.17, 15) is 9.59 Å². The second kappa shape index (κ2) is 14.9. The van der Waals surface area contributed by atoms with Crippen molar-refractivity contribution in [2.75, 3.05) is 43.9 Å². The van der Waals surface area contributed by atoms with Crippen LogP contribution in [0.2, 0.25) is 0 Å². The number of nitrogens with one attached hydrogen (secondary N) is 3. The summed E-state index contributed by atoms with van der Waals surface area (Å²) < 4.78 is 23.6. The van der Waals surface area contributed by atoms with Crippen molar-refractivity contribution in [1.82, 2.24) is 14.8 Å². The van der Waals surface area contributed by atoms with Crippen molar-refractivity contribution >= 4 is 40.0 Å². The Kier molecular flexibility index (Phi) is 10.3. The smallest absolute Gasteiger partial charge is 0.324 e. The normalized spacial score (nSPS) is 10.8. The van der Waals surface area contributed by atoms with Crippen LogP contribution in [0.3, 0.4) is 0 Å². The summed E-state index contributed by atoms with van der Waals surface area (Å²) in [6.07, 6.45) is 4.31. The number of rotatable bonds is 13. The van der Waals surface area contributed by atoms with Gasteiger partial charge in [0, 0.05) is 42.3 Å². The zero-order valence-corrected chi connectivity index (χ0v) is 26.1. The molecule has 0 saturated heterocycles. The topological polar surface area (TPSA) is 138 Å². The summed E-state index contributed by atoms with van der Waals surface area (Å²) >= 11 is 0. The molecule has 3 amide bonds. The molecular weight excluding hydrogens is 588 g/mol. The third-order valence-electron chi connectivity index (χ3n) is 7.03. The van der Waals surface area contributed by atoms with Gasteiger partial charge in [-0.25, -0.2) is 14.5 Å². The van der Waals surface area contributed by atoms with Gasteiger partial charge in [0.25, 0.3) is 5.91 Å². The largest absolute Gasteiger partial charge is 0.493 e. The second-order valence-corrected chi connectivity index (χ2v) is 10.3. The number of carbonyl (C=O) groups is 2. The van der Waals surface area contributed by atoms with Gasteiger partial charge >= 0.3 is 6.03 Å². The highest BCUT2D eigenvalue weighted by Gasteiger charge is 2.17. The number of anilines is 3. The number of fused-ring (bicyclic) bond motifs is 1. The van der Waals surface area contributed by atoms with Gasteiger partial charge in [0.15, 0.2) is 11.5 Å². The molecule has 0 atom stereocenters. The lowest BCUT2D eigenvalue weighted by Gasteiger charge is -2.15. The number of urea groups is 1. The molecule has 0 aliphatic carbocycles. The summed E-state index contributed by atoms with van der Waals surface area (Å²) in [7, 11) is 4.59. The van der Waals surface area contributed by atoms with Crippen LogP contribution in [0.5, 0.6) is 23.0 Å². The quantitative estimate of drug-likeness (QED) is 0.130. The number of methoxy groups -OCH3 is 3. The maximum absolute atomic E-state index is 13.4. The molecule has 0 fully saturated rings. The molecule has 0 saturated carbocycles. The van der Waals surface area contributed by atoms with Gasteiger partial charge < -0.3 is 29.6 Å². The van der Waals surface area contributed by atoms with E-state index < -0.39 is 6.03 Å². The summed E-state index contributed by atoms with van der Waals surface area (Å²) in [5.41, 5.74) is 2.16. The molecule has 238 valence electrons. The predicted octanol–water partition coefficient (Wildman–Crippen LogP) is 6.80. The number of nitrogens with zero attached hydrogens (tertiary/aromatic N) is 3. The minimum absolute atomic E-state index is 0.0853. The molecule has 3 aromatic carbocycles. The van der Waals surface area contributed by atoms with Crippen LogP contribution in [0.1, 0.15) is 25.5 Å². The Morgan fingerprint density at radius 2 is 1.61 bits per heavy atom. The molecule has 0 radical (unpaired) electrons. The molecule has 0 unspecified atom stereocenters. The van der Waals surface area contributed by atoms with Crippen molar-refractivity contribution in [2.45, 2.75) is 26.2 Å². The third kappa shape index (κ3) is 7.53. The van der Waals surface area contributed by atoms with Gasteiger partial charge in [-0.3, -0.25) is 10.1 Å². The lowest BCUT2D eigenvalue weighted by molar-refractivity contribution is -0.119. The molecule has 2 aromatic heterocycles.